The van der Waals surface area contributed by atoms with Crippen molar-refractivity contribution in [3.8, 4) is 0 Å². The number of carbonyl (C=O) groups excluding carboxylic acids is 1. The number of aromatic carboxylic acids is 1. The first-order valence-corrected chi connectivity index (χ1v) is 7.54. The van der Waals surface area contributed by atoms with Crippen LogP contribution in [0.2, 0.25) is 0 Å². The molecule has 130 valence electrons. The summed E-state index contributed by atoms with van der Waals surface area (Å²) >= 11 is 0. The second-order valence-corrected chi connectivity index (χ2v) is 5.37. The normalized spacial score (nSPS) is 11.2. The summed E-state index contributed by atoms with van der Waals surface area (Å²) < 4.78 is 2.84. The lowest BCUT2D eigenvalue weighted by Gasteiger charge is -2.31. The Balaban J connectivity index is 2.11. The van der Waals surface area contributed by atoms with Gasteiger partial charge >= 0.3 is 5.97 Å². The van der Waals surface area contributed by atoms with Crippen molar-refractivity contribution in [3.63, 3.8) is 0 Å². The molecular formula is C15H17N7O3. The molecule has 1 amide bonds. The Hall–Kier alpha value is -3.27. The number of hydrogen-bond donors (Lipinski definition) is 1. The zero-order valence-electron chi connectivity index (χ0n) is 14.0. The predicted octanol–water partition coefficient (Wildman–Crippen LogP) is 0.674. The number of carbonyl (C=O) groups is 2. The van der Waals surface area contributed by atoms with Gasteiger partial charge in [0.05, 0.1) is 11.9 Å². The van der Waals surface area contributed by atoms with Crippen LogP contribution < -0.4 is 5.01 Å². The van der Waals surface area contributed by atoms with E-state index in [4.69, 9.17) is 0 Å². The van der Waals surface area contributed by atoms with Gasteiger partial charge in [-0.25, -0.2) is 24.3 Å². The number of anilines is 1. The van der Waals surface area contributed by atoms with E-state index in [1.54, 1.807) is 34.9 Å². The average molecular weight is 343 g/mol. The summed E-state index contributed by atoms with van der Waals surface area (Å²) in [4.78, 5) is 28.7. The van der Waals surface area contributed by atoms with Crippen LogP contribution in [-0.2, 0) is 7.05 Å². The number of carboxylic acid groups (broad SMARTS) is 1. The molecule has 25 heavy (non-hydrogen) atoms. The summed E-state index contributed by atoms with van der Waals surface area (Å²) in [7, 11) is 3.27. The number of nitrogens with zero attached hydrogens (tertiary/aromatic N) is 7. The number of rotatable bonds is 5. The zero-order valence-corrected chi connectivity index (χ0v) is 14.0. The third-order valence-corrected chi connectivity index (χ3v) is 3.87. The van der Waals surface area contributed by atoms with Crippen molar-refractivity contribution in [3.05, 3.63) is 42.1 Å². The molecule has 10 heteroatoms. The van der Waals surface area contributed by atoms with Crippen LogP contribution in [0.3, 0.4) is 0 Å². The fourth-order valence-corrected chi connectivity index (χ4v) is 2.50. The molecule has 3 rings (SSSR count). The molecule has 0 fully saturated rings. The van der Waals surface area contributed by atoms with Crippen molar-refractivity contribution in [2.75, 3.05) is 18.6 Å². The molecule has 10 nitrogen and oxygen atoms in total. The third kappa shape index (κ3) is 2.83. The number of carboxylic acids is 1. The molecule has 0 saturated carbocycles. The van der Waals surface area contributed by atoms with Crippen LogP contribution in [0.5, 0.6) is 0 Å². The molecule has 3 heterocycles. The smallest absolute Gasteiger partial charge is 0.339 e. The number of aromatic nitrogens is 5. The second kappa shape index (κ2) is 6.32. The maximum atomic E-state index is 13.1. The summed E-state index contributed by atoms with van der Waals surface area (Å²) in [6.45, 7) is 2.42. The minimum absolute atomic E-state index is 0.00543. The highest BCUT2D eigenvalue weighted by Gasteiger charge is 2.29. The highest BCUT2D eigenvalue weighted by molar-refractivity contribution is 6.10. The maximum absolute atomic E-state index is 13.1. The second-order valence-electron chi connectivity index (χ2n) is 5.37. The lowest BCUT2D eigenvalue weighted by Crippen LogP contribution is -2.45. The van der Waals surface area contributed by atoms with Gasteiger partial charge in [0, 0.05) is 32.9 Å². The topological polar surface area (TPSA) is 109 Å². The van der Waals surface area contributed by atoms with Gasteiger partial charge in [-0.3, -0.25) is 9.48 Å². The van der Waals surface area contributed by atoms with E-state index in [0.29, 0.717) is 17.9 Å². The van der Waals surface area contributed by atoms with E-state index in [1.807, 2.05) is 6.92 Å². The molecule has 0 bridgehead atoms. The lowest BCUT2D eigenvalue weighted by atomic mass is 10.2. The number of pyridine rings is 1. The molecule has 3 aromatic heterocycles. The summed E-state index contributed by atoms with van der Waals surface area (Å²) in [6.07, 6.45) is 4.27. The summed E-state index contributed by atoms with van der Waals surface area (Å²) in [5.74, 6) is -1.70. The van der Waals surface area contributed by atoms with Crippen LogP contribution in [0.1, 0.15) is 27.8 Å². The third-order valence-electron chi connectivity index (χ3n) is 3.87. The largest absolute Gasteiger partial charge is 0.478 e. The molecule has 3 aromatic rings. The molecule has 0 radical (unpaired) electrons. The van der Waals surface area contributed by atoms with Crippen LogP contribution in [-0.4, -0.2) is 60.0 Å². The van der Waals surface area contributed by atoms with Gasteiger partial charge in [-0.15, -0.1) is 0 Å². The van der Waals surface area contributed by atoms with E-state index in [2.05, 4.69) is 15.2 Å². The highest BCUT2D eigenvalue weighted by atomic mass is 16.4. The molecule has 0 spiro atoms. The first-order valence-electron chi connectivity index (χ1n) is 7.54. The number of aryl methyl sites for hydroxylation is 1. The Morgan fingerprint density at radius 1 is 1.32 bits per heavy atom. The SMILES string of the molecule is CCN(C)N(C(=O)c1c(C(=O)O)cnn1C)c1ccn2ncnc2c1. The Labute approximate surface area is 142 Å². The molecule has 1 N–H and O–H groups in total. The molecule has 0 unspecified atom stereocenters. The van der Waals surface area contributed by atoms with Crippen LogP contribution >= 0.6 is 0 Å². The standard InChI is InChI=1S/C15H17N7O3/c1-4-19(2)22(10-5-6-21-12(7-10)16-9-18-21)14(23)13-11(15(24)25)8-17-20(13)3/h5-9H,4H2,1-3H3,(H,24,25). The van der Waals surface area contributed by atoms with Gasteiger partial charge in [0.15, 0.2) is 5.65 Å². The van der Waals surface area contributed by atoms with Gasteiger partial charge < -0.3 is 5.11 Å². The quantitative estimate of drug-likeness (QED) is 0.678. The molecular weight excluding hydrogens is 326 g/mol. The number of fused-ring (bicyclic) bond motifs is 1. The van der Waals surface area contributed by atoms with Crippen molar-refractivity contribution in [1.82, 2.24) is 29.4 Å². The van der Waals surface area contributed by atoms with Gasteiger partial charge in [0.25, 0.3) is 5.91 Å². The number of amides is 1. The number of hydrogen-bond acceptors (Lipinski definition) is 6. The van der Waals surface area contributed by atoms with E-state index < -0.39 is 11.9 Å². The fraction of sp³-hybridized carbons (Fsp3) is 0.267. The van der Waals surface area contributed by atoms with Crippen LogP contribution in [0, 0.1) is 0 Å². The van der Waals surface area contributed by atoms with E-state index in [1.165, 1.54) is 29.3 Å². The summed E-state index contributed by atoms with van der Waals surface area (Å²) in [5.41, 5.74) is 0.968. The molecule has 0 aliphatic carbocycles. The Morgan fingerprint density at radius 3 is 2.76 bits per heavy atom. The van der Waals surface area contributed by atoms with E-state index in [-0.39, 0.29) is 11.3 Å². The van der Waals surface area contributed by atoms with Gasteiger partial charge in [0.2, 0.25) is 0 Å². The van der Waals surface area contributed by atoms with Gasteiger partial charge in [-0.2, -0.15) is 10.2 Å². The van der Waals surface area contributed by atoms with Crippen LogP contribution in [0.15, 0.2) is 30.9 Å². The first-order chi connectivity index (χ1) is 11.9. The molecule has 0 atom stereocenters. The van der Waals surface area contributed by atoms with Crippen molar-refractivity contribution in [2.45, 2.75) is 6.92 Å². The molecule has 0 aliphatic rings. The number of hydrazine groups is 1. The van der Waals surface area contributed by atoms with Gasteiger partial charge in [0.1, 0.15) is 17.6 Å². The average Bonchev–Trinajstić information content (AvgIpc) is 3.20. The lowest BCUT2D eigenvalue weighted by molar-refractivity contribution is 0.0689. The minimum atomic E-state index is -1.21. The molecule has 0 aromatic carbocycles. The Morgan fingerprint density at radius 2 is 2.08 bits per heavy atom. The Bertz CT molecular complexity index is 946. The molecule has 0 aliphatic heterocycles. The highest BCUT2D eigenvalue weighted by Crippen LogP contribution is 2.21. The minimum Gasteiger partial charge on any atom is -0.478 e. The summed E-state index contributed by atoms with van der Waals surface area (Å²) in [6, 6.07) is 3.41. The first kappa shape index (κ1) is 16.6. The maximum Gasteiger partial charge on any atom is 0.339 e. The zero-order chi connectivity index (χ0) is 18.1. The van der Waals surface area contributed by atoms with Gasteiger partial charge in [-0.05, 0) is 6.07 Å². The van der Waals surface area contributed by atoms with E-state index in [0.717, 1.165) is 0 Å². The monoisotopic (exact) mass is 343 g/mol. The predicted molar refractivity (Wildman–Crippen MR) is 88.3 cm³/mol. The van der Waals surface area contributed by atoms with E-state index in [9.17, 15) is 14.7 Å². The van der Waals surface area contributed by atoms with Crippen LogP contribution in [0.25, 0.3) is 5.65 Å². The van der Waals surface area contributed by atoms with Crippen molar-refractivity contribution < 1.29 is 14.7 Å². The fourth-order valence-electron chi connectivity index (χ4n) is 2.50. The van der Waals surface area contributed by atoms with Crippen molar-refractivity contribution >= 4 is 23.2 Å². The molecule has 0 saturated heterocycles. The van der Waals surface area contributed by atoms with Crippen molar-refractivity contribution in [2.24, 2.45) is 7.05 Å². The summed E-state index contributed by atoms with van der Waals surface area (Å²) in [5, 5.41) is 20.3. The van der Waals surface area contributed by atoms with E-state index >= 15 is 0 Å². The van der Waals surface area contributed by atoms with Crippen molar-refractivity contribution in [1.29, 1.82) is 0 Å². The Kier molecular flexibility index (Phi) is 4.19. The van der Waals surface area contributed by atoms with Crippen LogP contribution in [0.4, 0.5) is 5.69 Å². The van der Waals surface area contributed by atoms with Gasteiger partial charge in [-0.1, -0.05) is 6.92 Å².